The maximum atomic E-state index is 12.9. The molecule has 0 aliphatic rings. The number of esters is 3. The lowest BCUT2D eigenvalue weighted by atomic mass is 10.0. The van der Waals surface area contributed by atoms with Crippen molar-refractivity contribution >= 4 is 41.1 Å². The number of hydrogen-bond acceptors (Lipinski definition) is 7. The van der Waals surface area contributed by atoms with Crippen LogP contribution in [0.15, 0.2) is 84.9 Å². The van der Waals surface area contributed by atoms with Gasteiger partial charge in [-0.3, -0.25) is 0 Å². The van der Waals surface area contributed by atoms with Gasteiger partial charge in [-0.1, -0.05) is 106 Å². The lowest BCUT2D eigenvalue weighted by Crippen LogP contribution is -2.27. The molecule has 0 N–H and O–H groups in total. The van der Waals surface area contributed by atoms with Gasteiger partial charge in [-0.2, -0.15) is 0 Å². The van der Waals surface area contributed by atoms with E-state index in [0.717, 1.165) is 36.0 Å². The number of hydrogen-bond donors (Lipinski definition) is 0. The third-order valence-electron chi connectivity index (χ3n) is 8.30. The summed E-state index contributed by atoms with van der Waals surface area (Å²) < 4.78 is 22.0. The highest BCUT2D eigenvalue weighted by Gasteiger charge is 2.21. The van der Waals surface area contributed by atoms with Crippen LogP contribution in [0.4, 0.5) is 0 Å². The third-order valence-corrected chi connectivity index (χ3v) is 8.90. The Labute approximate surface area is 304 Å². The summed E-state index contributed by atoms with van der Waals surface area (Å²) in [6.07, 6.45) is 5.67. The number of carbonyl (C=O) groups is 3. The van der Waals surface area contributed by atoms with Crippen molar-refractivity contribution < 1.29 is 33.3 Å². The van der Waals surface area contributed by atoms with Crippen molar-refractivity contribution in [2.75, 3.05) is 13.2 Å². The highest BCUT2D eigenvalue weighted by molar-refractivity contribution is 6.33. The highest BCUT2D eigenvalue weighted by Crippen LogP contribution is 2.33. The van der Waals surface area contributed by atoms with Gasteiger partial charge in [-0.15, -0.1) is 0 Å². The van der Waals surface area contributed by atoms with E-state index in [2.05, 4.69) is 6.92 Å². The van der Waals surface area contributed by atoms with Crippen molar-refractivity contribution in [2.24, 2.45) is 5.92 Å². The van der Waals surface area contributed by atoms with Crippen LogP contribution in [0.25, 0.3) is 22.3 Å². The molecule has 0 fully saturated rings. The Balaban J connectivity index is 1.31. The number of unbranched alkanes of at least 4 members (excludes halogenated alkanes) is 4. The van der Waals surface area contributed by atoms with Gasteiger partial charge >= 0.3 is 17.9 Å². The van der Waals surface area contributed by atoms with Crippen LogP contribution in [-0.2, 0) is 14.3 Å². The molecule has 0 amide bonds. The van der Waals surface area contributed by atoms with E-state index < -0.39 is 24.0 Å². The van der Waals surface area contributed by atoms with Gasteiger partial charge in [-0.05, 0) is 84.5 Å². The summed E-state index contributed by atoms with van der Waals surface area (Å²) in [5, 5.41) is 0.902. The molecule has 4 aromatic rings. The summed E-state index contributed by atoms with van der Waals surface area (Å²) >= 11 is 13.1. The average molecular weight is 720 g/mol. The normalized spacial score (nSPS) is 12.1. The predicted molar refractivity (Wildman–Crippen MR) is 198 cm³/mol. The zero-order chi connectivity index (χ0) is 36.0. The maximum absolute atomic E-state index is 12.9. The van der Waals surface area contributed by atoms with E-state index in [-0.39, 0.29) is 23.8 Å². The monoisotopic (exact) mass is 718 g/mol. The van der Waals surface area contributed by atoms with Gasteiger partial charge < -0.3 is 18.9 Å². The van der Waals surface area contributed by atoms with Crippen LogP contribution >= 0.6 is 23.2 Å². The topological polar surface area (TPSA) is 88.1 Å². The fourth-order valence-corrected chi connectivity index (χ4v) is 5.48. The smallest absolute Gasteiger partial charge is 0.347 e. The molecule has 4 aromatic carbocycles. The first kappa shape index (κ1) is 38.5. The fourth-order valence-electron chi connectivity index (χ4n) is 4.97. The van der Waals surface area contributed by atoms with Gasteiger partial charge in [0, 0.05) is 11.6 Å². The van der Waals surface area contributed by atoms with E-state index in [1.165, 1.54) is 26.2 Å². The Morgan fingerprint density at radius 2 is 1.32 bits per heavy atom. The molecule has 0 aromatic heterocycles. The summed E-state index contributed by atoms with van der Waals surface area (Å²) in [5.41, 5.74) is 3.88. The highest BCUT2D eigenvalue weighted by atomic mass is 35.5. The second kappa shape index (κ2) is 19.2. The van der Waals surface area contributed by atoms with Crippen LogP contribution < -0.4 is 9.47 Å². The summed E-state index contributed by atoms with van der Waals surface area (Å²) in [6, 6.07) is 24.3. The quantitative estimate of drug-likeness (QED) is 0.0610. The van der Waals surface area contributed by atoms with Crippen LogP contribution in [-0.4, -0.2) is 37.2 Å². The molecule has 0 radical (unpaired) electrons. The SMILES string of the molecule is CCCCCCCOc1ccc(-c2ccc(C(=O)Oc3ccc(-c4ccc(C(=O)O[C@@H](C)C(=O)OC[C@@H](C)CC)cc4)c(Cl)c3)cc2)cc1Cl. The molecule has 50 heavy (non-hydrogen) atoms. The minimum atomic E-state index is -1.03. The zero-order valence-corrected chi connectivity index (χ0v) is 30.5. The lowest BCUT2D eigenvalue weighted by Gasteiger charge is -2.15. The lowest BCUT2D eigenvalue weighted by molar-refractivity contribution is -0.154. The number of halogens is 2. The average Bonchev–Trinajstić information content (AvgIpc) is 3.12. The molecule has 2 atom stereocenters. The molecule has 0 saturated carbocycles. The van der Waals surface area contributed by atoms with Gasteiger partial charge in [0.1, 0.15) is 11.5 Å². The fraction of sp³-hybridized carbons (Fsp3) is 0.341. The molecule has 7 nitrogen and oxygen atoms in total. The van der Waals surface area contributed by atoms with Crippen molar-refractivity contribution in [2.45, 2.75) is 72.3 Å². The van der Waals surface area contributed by atoms with Crippen molar-refractivity contribution in [3.05, 3.63) is 106 Å². The molecule has 4 rings (SSSR count). The number of rotatable bonds is 17. The summed E-state index contributed by atoms with van der Waals surface area (Å²) in [6.45, 7) is 8.58. The molecule has 0 bridgehead atoms. The Morgan fingerprint density at radius 3 is 1.96 bits per heavy atom. The molecule has 0 unspecified atom stereocenters. The summed E-state index contributed by atoms with van der Waals surface area (Å²) in [4.78, 5) is 37.7. The first-order valence-corrected chi connectivity index (χ1v) is 17.9. The van der Waals surface area contributed by atoms with E-state index in [0.29, 0.717) is 33.5 Å². The van der Waals surface area contributed by atoms with E-state index in [1.54, 1.807) is 54.6 Å². The van der Waals surface area contributed by atoms with Crippen molar-refractivity contribution in [3.63, 3.8) is 0 Å². The summed E-state index contributed by atoms with van der Waals surface area (Å²) in [7, 11) is 0. The Hall–Kier alpha value is -4.33. The largest absolute Gasteiger partial charge is 0.492 e. The van der Waals surface area contributed by atoms with Crippen molar-refractivity contribution in [1.82, 2.24) is 0 Å². The number of carbonyl (C=O) groups excluding carboxylic acids is 3. The van der Waals surface area contributed by atoms with Crippen LogP contribution in [0.1, 0.15) is 86.9 Å². The maximum Gasteiger partial charge on any atom is 0.347 e. The summed E-state index contributed by atoms with van der Waals surface area (Å²) in [5.74, 6) is -0.570. The second-order valence-corrected chi connectivity index (χ2v) is 13.1. The first-order chi connectivity index (χ1) is 24.1. The molecule has 0 aliphatic carbocycles. The Kier molecular flexibility index (Phi) is 14.7. The minimum absolute atomic E-state index is 0.228. The molecule has 0 spiro atoms. The van der Waals surface area contributed by atoms with Gasteiger partial charge in [0.15, 0.2) is 6.10 Å². The molecule has 9 heteroatoms. The van der Waals surface area contributed by atoms with Gasteiger partial charge in [0.05, 0.1) is 34.4 Å². The van der Waals surface area contributed by atoms with Gasteiger partial charge in [0.2, 0.25) is 0 Å². The predicted octanol–water partition coefficient (Wildman–Crippen LogP) is 11.0. The van der Waals surface area contributed by atoms with Crippen LogP contribution in [0, 0.1) is 5.92 Å². The molecular formula is C41H44Cl2O7. The van der Waals surface area contributed by atoms with E-state index in [1.807, 2.05) is 44.2 Å². The first-order valence-electron chi connectivity index (χ1n) is 17.1. The second-order valence-electron chi connectivity index (χ2n) is 12.3. The third kappa shape index (κ3) is 11.1. The molecule has 264 valence electrons. The molecule has 0 heterocycles. The van der Waals surface area contributed by atoms with Crippen molar-refractivity contribution in [3.8, 4) is 33.8 Å². The van der Waals surface area contributed by atoms with E-state index in [4.69, 9.17) is 42.1 Å². The Morgan fingerprint density at radius 1 is 0.680 bits per heavy atom. The van der Waals surface area contributed by atoms with Gasteiger partial charge in [0.25, 0.3) is 0 Å². The van der Waals surface area contributed by atoms with Crippen LogP contribution in [0.3, 0.4) is 0 Å². The van der Waals surface area contributed by atoms with Crippen LogP contribution in [0.5, 0.6) is 11.5 Å². The molecular weight excluding hydrogens is 675 g/mol. The van der Waals surface area contributed by atoms with E-state index >= 15 is 0 Å². The van der Waals surface area contributed by atoms with Gasteiger partial charge in [-0.25, -0.2) is 14.4 Å². The minimum Gasteiger partial charge on any atom is -0.492 e. The standard InChI is InChI=1S/C41H44Cl2O7/c1-5-7-8-9-10-23-47-38-22-19-33(24-37(38)43)29-11-15-32(16-12-29)41(46)50-34-20-21-35(36(42)25-34)30-13-17-31(18-14-30)40(45)49-28(4)39(44)48-26-27(3)6-2/h11-22,24-25,27-28H,5-10,23,26H2,1-4H3/t27-,28-/m0/s1. The number of ether oxygens (including phenoxy) is 4. The number of benzene rings is 4. The van der Waals surface area contributed by atoms with E-state index in [9.17, 15) is 14.4 Å². The van der Waals surface area contributed by atoms with Crippen molar-refractivity contribution in [1.29, 1.82) is 0 Å². The molecule has 0 aliphatic heterocycles. The molecule has 0 saturated heterocycles. The zero-order valence-electron chi connectivity index (χ0n) is 29.0. The van der Waals surface area contributed by atoms with Crippen LogP contribution in [0.2, 0.25) is 10.0 Å². The Bertz CT molecular complexity index is 1740.